The third kappa shape index (κ3) is 6.37. The highest BCUT2D eigenvalue weighted by molar-refractivity contribution is 9.10. The van der Waals surface area contributed by atoms with Crippen LogP contribution >= 0.6 is 15.9 Å². The lowest BCUT2D eigenvalue weighted by Gasteiger charge is -2.32. The van der Waals surface area contributed by atoms with Crippen LogP contribution in [0.15, 0.2) is 53.0 Å². The van der Waals surface area contributed by atoms with E-state index in [2.05, 4.69) is 31.5 Å². The van der Waals surface area contributed by atoms with E-state index in [9.17, 15) is 14.0 Å². The Morgan fingerprint density at radius 2 is 1.72 bits per heavy atom. The van der Waals surface area contributed by atoms with Gasteiger partial charge in [-0.05, 0) is 61.7 Å². The molecule has 1 aliphatic rings. The monoisotopic (exact) mass is 461 g/mol. The van der Waals surface area contributed by atoms with Crippen LogP contribution in [0, 0.1) is 5.82 Å². The Morgan fingerprint density at radius 3 is 2.34 bits per heavy atom. The maximum atomic E-state index is 13.0. The van der Waals surface area contributed by atoms with Crippen molar-refractivity contribution in [2.45, 2.75) is 31.8 Å². The van der Waals surface area contributed by atoms with E-state index < -0.39 is 0 Å². The van der Waals surface area contributed by atoms with Gasteiger partial charge in [-0.15, -0.1) is 0 Å². The third-order valence-electron chi connectivity index (χ3n) is 5.14. The Bertz CT molecular complexity index is 834. The zero-order valence-corrected chi connectivity index (χ0v) is 17.9. The molecule has 1 unspecified atom stereocenters. The van der Waals surface area contributed by atoms with Gasteiger partial charge in [0.05, 0.1) is 12.6 Å². The topological polar surface area (TPSA) is 61.4 Å². The molecule has 0 bridgehead atoms. The van der Waals surface area contributed by atoms with Crippen molar-refractivity contribution in [3.8, 4) is 0 Å². The zero-order valence-electron chi connectivity index (χ0n) is 16.3. The first-order valence-electron chi connectivity index (χ1n) is 9.74. The molecule has 0 radical (unpaired) electrons. The summed E-state index contributed by atoms with van der Waals surface area (Å²) in [6.07, 6.45) is 1.56. The summed E-state index contributed by atoms with van der Waals surface area (Å²) in [6, 6.07) is 13.4. The second-order valence-corrected chi connectivity index (χ2v) is 8.29. The molecule has 1 atom stereocenters. The summed E-state index contributed by atoms with van der Waals surface area (Å²) in [7, 11) is 0. The van der Waals surface area contributed by atoms with Crippen LogP contribution in [-0.2, 0) is 4.79 Å². The standard InChI is InChI=1S/C22H25BrFN3O2/c1-15(16-2-6-18(23)7-3-16)25-21(28)14-27-12-10-20(11-13-27)26-22(29)17-4-8-19(24)9-5-17/h2-9,15,20H,10-14H2,1H3,(H,25,28)(H,26,29). The molecule has 5 nitrogen and oxygen atoms in total. The summed E-state index contributed by atoms with van der Waals surface area (Å²) in [4.78, 5) is 26.7. The van der Waals surface area contributed by atoms with Gasteiger partial charge >= 0.3 is 0 Å². The van der Waals surface area contributed by atoms with Crippen LogP contribution < -0.4 is 10.6 Å². The van der Waals surface area contributed by atoms with Gasteiger partial charge in [0.15, 0.2) is 0 Å². The summed E-state index contributed by atoms with van der Waals surface area (Å²) in [5.41, 5.74) is 1.51. The molecule has 1 aliphatic heterocycles. The number of carbonyl (C=O) groups excluding carboxylic acids is 2. The molecule has 2 aromatic carbocycles. The van der Waals surface area contributed by atoms with Crippen LogP contribution in [0.4, 0.5) is 4.39 Å². The number of hydrogen-bond donors (Lipinski definition) is 2. The number of amides is 2. The number of benzene rings is 2. The van der Waals surface area contributed by atoms with Gasteiger partial charge in [-0.25, -0.2) is 4.39 Å². The van der Waals surface area contributed by atoms with Gasteiger partial charge in [-0.3, -0.25) is 14.5 Å². The Balaban J connectivity index is 1.41. The highest BCUT2D eigenvalue weighted by atomic mass is 79.9. The first-order chi connectivity index (χ1) is 13.9. The summed E-state index contributed by atoms with van der Waals surface area (Å²) in [5, 5.41) is 6.03. The second-order valence-electron chi connectivity index (χ2n) is 7.37. The first kappa shape index (κ1) is 21.5. The van der Waals surface area contributed by atoms with Crippen LogP contribution in [0.3, 0.4) is 0 Å². The lowest BCUT2D eigenvalue weighted by Crippen LogP contribution is -2.47. The fraction of sp³-hybridized carbons (Fsp3) is 0.364. The summed E-state index contributed by atoms with van der Waals surface area (Å²) in [5.74, 6) is -0.554. The second kappa shape index (κ2) is 9.98. The maximum Gasteiger partial charge on any atom is 0.251 e. The van der Waals surface area contributed by atoms with Gasteiger partial charge < -0.3 is 10.6 Å². The summed E-state index contributed by atoms with van der Waals surface area (Å²) < 4.78 is 14.0. The number of hydrogen-bond acceptors (Lipinski definition) is 3. The summed E-state index contributed by atoms with van der Waals surface area (Å²) >= 11 is 3.41. The largest absolute Gasteiger partial charge is 0.349 e. The molecule has 1 saturated heterocycles. The lowest BCUT2D eigenvalue weighted by molar-refractivity contribution is -0.123. The molecule has 1 fully saturated rings. The SMILES string of the molecule is CC(NC(=O)CN1CCC(NC(=O)c2ccc(F)cc2)CC1)c1ccc(Br)cc1. The molecule has 3 rings (SSSR count). The van der Waals surface area contributed by atoms with Crippen LogP contribution in [0.5, 0.6) is 0 Å². The Kier molecular flexibility index (Phi) is 7.39. The molecule has 0 saturated carbocycles. The van der Waals surface area contributed by atoms with Crippen molar-refractivity contribution < 1.29 is 14.0 Å². The predicted octanol–water partition coefficient (Wildman–Crippen LogP) is 3.66. The van der Waals surface area contributed by atoms with E-state index in [1.54, 1.807) is 0 Å². The van der Waals surface area contributed by atoms with Crippen LogP contribution in [0.2, 0.25) is 0 Å². The predicted molar refractivity (Wildman–Crippen MR) is 114 cm³/mol. The number of rotatable bonds is 6. The molecular weight excluding hydrogens is 437 g/mol. The Morgan fingerprint density at radius 1 is 1.10 bits per heavy atom. The van der Waals surface area contributed by atoms with Crippen molar-refractivity contribution in [1.29, 1.82) is 0 Å². The smallest absolute Gasteiger partial charge is 0.251 e. The fourth-order valence-electron chi connectivity index (χ4n) is 3.43. The van der Waals surface area contributed by atoms with Gasteiger partial charge in [-0.2, -0.15) is 0 Å². The quantitative estimate of drug-likeness (QED) is 0.689. The zero-order chi connectivity index (χ0) is 20.8. The molecule has 0 aliphatic carbocycles. The molecule has 29 heavy (non-hydrogen) atoms. The number of carbonyl (C=O) groups is 2. The maximum absolute atomic E-state index is 13.0. The van der Waals surface area contributed by atoms with Crippen LogP contribution in [0.25, 0.3) is 0 Å². The molecular formula is C22H25BrFN3O2. The Labute approximate surface area is 178 Å². The van der Waals surface area contributed by atoms with Crippen LogP contribution in [0.1, 0.15) is 41.7 Å². The van der Waals surface area contributed by atoms with E-state index in [4.69, 9.17) is 0 Å². The van der Waals surface area contributed by atoms with E-state index in [1.165, 1.54) is 24.3 Å². The van der Waals surface area contributed by atoms with Crippen molar-refractivity contribution in [1.82, 2.24) is 15.5 Å². The minimum atomic E-state index is -0.359. The van der Waals surface area contributed by atoms with E-state index >= 15 is 0 Å². The van der Waals surface area contributed by atoms with Gasteiger partial charge in [0.25, 0.3) is 5.91 Å². The van der Waals surface area contributed by atoms with E-state index in [-0.39, 0.29) is 29.7 Å². The average Bonchev–Trinajstić information content (AvgIpc) is 2.70. The van der Waals surface area contributed by atoms with Crippen molar-refractivity contribution in [2.24, 2.45) is 0 Å². The minimum Gasteiger partial charge on any atom is -0.349 e. The van der Waals surface area contributed by atoms with Crippen molar-refractivity contribution in [2.75, 3.05) is 19.6 Å². The highest BCUT2D eigenvalue weighted by Gasteiger charge is 2.23. The molecule has 2 N–H and O–H groups in total. The molecule has 0 aromatic heterocycles. The first-order valence-corrected chi connectivity index (χ1v) is 10.5. The van der Waals surface area contributed by atoms with E-state index in [0.717, 1.165) is 36.0 Å². The van der Waals surface area contributed by atoms with Gasteiger partial charge in [0.1, 0.15) is 5.82 Å². The molecule has 1 heterocycles. The highest BCUT2D eigenvalue weighted by Crippen LogP contribution is 2.17. The number of nitrogens with one attached hydrogen (secondary N) is 2. The number of piperidine rings is 1. The van der Waals surface area contributed by atoms with Crippen molar-refractivity contribution >= 4 is 27.7 Å². The molecule has 154 valence electrons. The van der Waals surface area contributed by atoms with Gasteiger partial charge in [0, 0.05) is 29.2 Å². The third-order valence-corrected chi connectivity index (χ3v) is 5.67. The molecule has 2 amide bonds. The number of halogens is 2. The van der Waals surface area contributed by atoms with Gasteiger partial charge in [0.2, 0.25) is 5.91 Å². The Hall–Kier alpha value is -2.25. The number of nitrogens with zero attached hydrogens (tertiary/aromatic N) is 1. The minimum absolute atomic E-state index is 0.00536. The lowest BCUT2D eigenvalue weighted by atomic mass is 10.0. The molecule has 7 heteroatoms. The van der Waals surface area contributed by atoms with Crippen molar-refractivity contribution in [3.63, 3.8) is 0 Å². The van der Waals surface area contributed by atoms with Crippen molar-refractivity contribution in [3.05, 3.63) is 69.9 Å². The normalized spacial score (nSPS) is 16.2. The average molecular weight is 462 g/mol. The van der Waals surface area contributed by atoms with Crippen LogP contribution in [-0.4, -0.2) is 42.4 Å². The summed E-state index contributed by atoms with van der Waals surface area (Å²) in [6.45, 7) is 3.81. The van der Waals surface area contributed by atoms with E-state index in [1.807, 2.05) is 31.2 Å². The van der Waals surface area contributed by atoms with E-state index in [0.29, 0.717) is 12.1 Å². The molecule has 2 aromatic rings. The fourth-order valence-corrected chi connectivity index (χ4v) is 3.69. The molecule has 0 spiro atoms. The van der Waals surface area contributed by atoms with Gasteiger partial charge in [-0.1, -0.05) is 28.1 Å². The number of likely N-dealkylation sites (tertiary alicyclic amines) is 1.